The molecule has 0 spiro atoms. The molecule has 0 bridgehead atoms. The highest BCUT2D eigenvalue weighted by molar-refractivity contribution is 6.18. The molecule has 0 amide bonds. The van der Waals surface area contributed by atoms with E-state index >= 15 is 0 Å². The lowest BCUT2D eigenvalue weighted by Gasteiger charge is -2.41. The van der Waals surface area contributed by atoms with E-state index in [0.29, 0.717) is 24.9 Å². The van der Waals surface area contributed by atoms with Crippen molar-refractivity contribution in [2.24, 2.45) is 0 Å². The average molecular weight is 320 g/mol. The van der Waals surface area contributed by atoms with Gasteiger partial charge in [0.15, 0.2) is 11.5 Å². The van der Waals surface area contributed by atoms with Crippen molar-refractivity contribution in [1.29, 1.82) is 0 Å². The quantitative estimate of drug-likeness (QED) is 0.658. The lowest BCUT2D eigenvalue weighted by molar-refractivity contribution is 0.194. The average Bonchev–Trinajstić information content (AvgIpc) is 2.57. The van der Waals surface area contributed by atoms with Gasteiger partial charge in [-0.3, -0.25) is 4.90 Å². The molecule has 2 N–H and O–H groups in total. The summed E-state index contributed by atoms with van der Waals surface area (Å²) in [6, 6.07) is 8.45. The van der Waals surface area contributed by atoms with E-state index in [0.717, 1.165) is 22.3 Å². The highest BCUT2D eigenvalue weighted by Gasteiger charge is 2.35. The second-order valence-corrected chi connectivity index (χ2v) is 5.90. The molecule has 2 aromatic rings. The summed E-state index contributed by atoms with van der Waals surface area (Å²) >= 11 is 5.76. The molecule has 0 aromatic heterocycles. The van der Waals surface area contributed by atoms with Crippen molar-refractivity contribution < 1.29 is 15.7 Å². The molecule has 1 aliphatic carbocycles. The maximum absolute atomic E-state index is 10.4. The summed E-state index contributed by atoms with van der Waals surface area (Å²) in [6.07, 6.45) is 0.959. The van der Waals surface area contributed by atoms with Gasteiger partial charge in [0.2, 0.25) is 0 Å². The number of hydrogen-bond acceptors (Lipinski definition) is 3. The summed E-state index contributed by atoms with van der Waals surface area (Å²) < 4.78 is 32.1. The van der Waals surface area contributed by atoms with Crippen molar-refractivity contribution >= 4 is 11.6 Å². The van der Waals surface area contributed by atoms with E-state index in [4.69, 9.17) is 17.1 Å². The van der Waals surface area contributed by atoms with Crippen LogP contribution in [0.3, 0.4) is 0 Å². The molecular weight excluding hydrogens is 298 g/mol. The molecule has 0 radical (unpaired) electrons. The molecule has 2 aliphatic rings. The third kappa shape index (κ3) is 1.93. The second-order valence-electron chi connectivity index (χ2n) is 5.72. The molecule has 0 unspecified atom stereocenters. The molecule has 22 heavy (non-hydrogen) atoms. The molecule has 114 valence electrons. The Labute approximate surface area is 140 Å². The van der Waals surface area contributed by atoms with Crippen LogP contribution in [0.1, 0.15) is 28.2 Å². The van der Waals surface area contributed by atoms with Gasteiger partial charge in [0, 0.05) is 36.0 Å². The van der Waals surface area contributed by atoms with E-state index in [9.17, 15) is 10.2 Å². The summed E-state index contributed by atoms with van der Waals surface area (Å²) in [5.74, 6) is -2.92. The largest absolute Gasteiger partial charge is 0.504 e. The molecule has 1 aliphatic heterocycles. The first kappa shape index (κ1) is 10.1. The molecule has 1 atom stereocenters. The number of alkyl halides is 1. The maximum Gasteiger partial charge on any atom is 0.165 e. The lowest BCUT2D eigenvalue weighted by atomic mass is 9.77. The van der Waals surface area contributed by atoms with Crippen molar-refractivity contribution in [3.05, 3.63) is 47.0 Å². The number of fused-ring (bicyclic) bond motifs is 2. The van der Waals surface area contributed by atoms with E-state index < -0.39 is 18.4 Å². The van der Waals surface area contributed by atoms with E-state index in [1.54, 1.807) is 6.07 Å². The van der Waals surface area contributed by atoms with Crippen LogP contribution in [0.15, 0.2) is 30.3 Å². The Morgan fingerprint density at radius 3 is 2.91 bits per heavy atom. The lowest BCUT2D eigenvalue weighted by Crippen LogP contribution is -2.39. The van der Waals surface area contributed by atoms with Crippen LogP contribution in [0.5, 0.6) is 11.5 Å². The van der Waals surface area contributed by atoms with Crippen molar-refractivity contribution in [2.45, 2.75) is 18.9 Å². The van der Waals surface area contributed by atoms with Gasteiger partial charge in [0.25, 0.3) is 0 Å². The van der Waals surface area contributed by atoms with E-state index in [-0.39, 0.29) is 11.5 Å². The Hall–Kier alpha value is -1.71. The van der Waals surface area contributed by atoms with Gasteiger partial charge in [0.05, 0.1) is 0 Å². The molecular formula is C18H18ClNO2. The number of benzene rings is 2. The predicted molar refractivity (Wildman–Crippen MR) is 87.6 cm³/mol. The highest BCUT2D eigenvalue weighted by Crippen LogP contribution is 2.50. The number of nitrogens with zero attached hydrogens (tertiary/aromatic N) is 1. The summed E-state index contributed by atoms with van der Waals surface area (Å²) in [7, 11) is 0. The maximum atomic E-state index is 10.4. The van der Waals surface area contributed by atoms with Crippen molar-refractivity contribution in [2.75, 3.05) is 18.9 Å². The number of phenols is 2. The van der Waals surface area contributed by atoms with Gasteiger partial charge in [-0.25, -0.2) is 0 Å². The van der Waals surface area contributed by atoms with Gasteiger partial charge in [-0.2, -0.15) is 0 Å². The Morgan fingerprint density at radius 1 is 1.23 bits per heavy atom. The zero-order chi connectivity index (χ0) is 18.9. The molecule has 4 rings (SSSR count). The molecule has 4 heteroatoms. The molecule has 0 saturated heterocycles. The van der Waals surface area contributed by atoms with Crippen LogP contribution in [0.2, 0.25) is 0 Å². The third-order valence-corrected chi connectivity index (χ3v) is 4.72. The van der Waals surface area contributed by atoms with Crippen LogP contribution in [0.25, 0.3) is 11.1 Å². The summed E-state index contributed by atoms with van der Waals surface area (Å²) in [5.41, 5.74) is 4.01. The van der Waals surface area contributed by atoms with E-state index in [2.05, 4.69) is 0 Å². The smallest absolute Gasteiger partial charge is 0.165 e. The Morgan fingerprint density at radius 2 is 2.09 bits per heavy atom. The van der Waals surface area contributed by atoms with Crippen LogP contribution >= 0.6 is 11.6 Å². The number of rotatable bonds is 2. The Kier molecular flexibility index (Phi) is 2.39. The van der Waals surface area contributed by atoms with Gasteiger partial charge in [0.1, 0.15) is 0 Å². The molecule has 0 saturated carbocycles. The summed E-state index contributed by atoms with van der Waals surface area (Å²) in [5, 5.41) is 20.3. The number of halogens is 1. The first-order chi connectivity index (χ1) is 12.1. The van der Waals surface area contributed by atoms with Gasteiger partial charge in [-0.05, 0) is 41.2 Å². The minimum absolute atomic E-state index is 0.179. The van der Waals surface area contributed by atoms with Crippen LogP contribution < -0.4 is 0 Å². The summed E-state index contributed by atoms with van der Waals surface area (Å²) in [6.45, 7) is -2.01. The van der Waals surface area contributed by atoms with Gasteiger partial charge >= 0.3 is 0 Å². The van der Waals surface area contributed by atoms with Crippen molar-refractivity contribution in [3.8, 4) is 22.6 Å². The fourth-order valence-electron chi connectivity index (χ4n) is 3.70. The standard InChI is InChI=1S/C18H18ClNO2/c19-7-9-20-8-6-11-2-1-3-13-16(11)14(20)10-12-4-5-15(21)18(22)17(12)13/h1-5,14,21-22H,6-10H2/t14-/m1/s1/i7D2,9D2. The molecule has 1 heterocycles. The first-order valence-corrected chi connectivity index (χ1v) is 7.62. The van der Waals surface area contributed by atoms with Crippen molar-refractivity contribution in [1.82, 2.24) is 4.90 Å². The van der Waals surface area contributed by atoms with E-state index in [1.165, 1.54) is 11.0 Å². The third-order valence-electron chi connectivity index (χ3n) is 4.64. The SMILES string of the molecule is [2H]C([2H])(Cl)C([2H])([2H])N1CCc2cccc3c2[C@H]1Cc1ccc(O)c(O)c1-3. The van der Waals surface area contributed by atoms with E-state index in [1.807, 2.05) is 18.2 Å². The van der Waals surface area contributed by atoms with Crippen LogP contribution in [-0.4, -0.2) is 34.0 Å². The zero-order valence-corrected chi connectivity index (χ0v) is 12.6. The fourth-order valence-corrected chi connectivity index (χ4v) is 3.80. The minimum Gasteiger partial charge on any atom is -0.504 e. The van der Waals surface area contributed by atoms with Crippen LogP contribution in [0, 0.1) is 0 Å². The first-order valence-electron chi connectivity index (χ1n) is 9.24. The zero-order valence-electron chi connectivity index (χ0n) is 15.8. The molecule has 3 nitrogen and oxygen atoms in total. The normalized spacial score (nSPS) is 23.6. The molecule has 0 fully saturated rings. The van der Waals surface area contributed by atoms with Gasteiger partial charge in [-0.1, -0.05) is 24.3 Å². The van der Waals surface area contributed by atoms with Crippen LogP contribution in [0.4, 0.5) is 0 Å². The number of hydrogen-bond donors (Lipinski definition) is 2. The minimum atomic E-state index is -2.54. The summed E-state index contributed by atoms with van der Waals surface area (Å²) in [4.78, 5) is 1.48. The van der Waals surface area contributed by atoms with Gasteiger partial charge < -0.3 is 10.2 Å². The topological polar surface area (TPSA) is 43.7 Å². The Bertz CT molecular complexity index is 897. The highest BCUT2D eigenvalue weighted by atomic mass is 35.5. The monoisotopic (exact) mass is 319 g/mol. The van der Waals surface area contributed by atoms with Gasteiger partial charge in [-0.15, -0.1) is 11.6 Å². The second kappa shape index (κ2) is 5.18. The fraction of sp³-hybridized carbons (Fsp3) is 0.333. The predicted octanol–water partition coefficient (Wildman–Crippen LogP) is 3.46. The van der Waals surface area contributed by atoms with Crippen LogP contribution in [-0.2, 0) is 12.8 Å². The molecule has 2 aromatic carbocycles. The number of phenolic OH excluding ortho intramolecular Hbond substituents is 2. The van der Waals surface area contributed by atoms with Crippen molar-refractivity contribution in [3.63, 3.8) is 0 Å². The Balaban J connectivity index is 1.93. The number of aromatic hydroxyl groups is 2.